The van der Waals surface area contributed by atoms with Crippen molar-refractivity contribution >= 4 is 40.3 Å². The molecule has 1 aliphatic heterocycles. The van der Waals surface area contributed by atoms with Crippen LogP contribution in [0.2, 0.25) is 0 Å². The molecule has 3 aromatic carbocycles. The van der Waals surface area contributed by atoms with Crippen LogP contribution in [0.5, 0.6) is 17.2 Å². The van der Waals surface area contributed by atoms with E-state index in [4.69, 9.17) is 26.4 Å². The zero-order chi connectivity index (χ0) is 23.8. The third-order valence-electron chi connectivity index (χ3n) is 5.08. The molecule has 0 aliphatic carbocycles. The van der Waals surface area contributed by atoms with Gasteiger partial charge in [-0.2, -0.15) is 0 Å². The van der Waals surface area contributed by atoms with Gasteiger partial charge >= 0.3 is 0 Å². The van der Waals surface area contributed by atoms with E-state index in [9.17, 15) is 4.79 Å². The van der Waals surface area contributed by atoms with Crippen molar-refractivity contribution in [1.29, 1.82) is 0 Å². The minimum atomic E-state index is -0.0696. The highest BCUT2D eigenvalue weighted by Crippen LogP contribution is 2.34. The third kappa shape index (κ3) is 6.40. The van der Waals surface area contributed by atoms with Gasteiger partial charge in [0, 0.05) is 12.5 Å². The van der Waals surface area contributed by atoms with Gasteiger partial charge in [0.25, 0.3) is 5.91 Å². The molecular formula is C27H25NO4S2. The number of thiocarbonyl (C=S) groups is 1. The van der Waals surface area contributed by atoms with Gasteiger partial charge in [-0.25, -0.2) is 0 Å². The van der Waals surface area contributed by atoms with E-state index in [2.05, 4.69) is 0 Å². The molecule has 0 bridgehead atoms. The van der Waals surface area contributed by atoms with Crippen molar-refractivity contribution in [3.63, 3.8) is 0 Å². The Morgan fingerprint density at radius 1 is 0.882 bits per heavy atom. The molecule has 5 nitrogen and oxygen atoms in total. The van der Waals surface area contributed by atoms with Crippen molar-refractivity contribution in [2.75, 3.05) is 20.3 Å². The number of thioether (sulfide) groups is 1. The summed E-state index contributed by atoms with van der Waals surface area (Å²) in [6.45, 7) is 1.53. The monoisotopic (exact) mass is 491 g/mol. The largest absolute Gasteiger partial charge is 0.497 e. The fourth-order valence-electron chi connectivity index (χ4n) is 3.38. The molecular weight excluding hydrogens is 466 g/mol. The third-order valence-corrected chi connectivity index (χ3v) is 6.46. The van der Waals surface area contributed by atoms with Gasteiger partial charge in [-0.05, 0) is 41.5 Å². The van der Waals surface area contributed by atoms with E-state index in [-0.39, 0.29) is 5.91 Å². The Kier molecular flexibility index (Phi) is 8.22. The fourth-order valence-corrected chi connectivity index (χ4v) is 4.63. The lowest BCUT2D eigenvalue weighted by atomic mass is 10.2. The first-order valence-electron chi connectivity index (χ1n) is 10.9. The summed E-state index contributed by atoms with van der Waals surface area (Å²) in [7, 11) is 1.63. The Balaban J connectivity index is 1.29. The van der Waals surface area contributed by atoms with Crippen molar-refractivity contribution in [2.45, 2.75) is 13.0 Å². The maximum absolute atomic E-state index is 12.9. The van der Waals surface area contributed by atoms with Gasteiger partial charge in [0.05, 0.1) is 31.8 Å². The Bertz CT molecular complexity index is 1180. The Labute approximate surface area is 209 Å². The van der Waals surface area contributed by atoms with E-state index >= 15 is 0 Å². The highest BCUT2D eigenvalue weighted by molar-refractivity contribution is 8.26. The molecule has 3 aromatic rings. The number of amides is 1. The molecule has 0 aromatic heterocycles. The average Bonchev–Trinajstić information content (AvgIpc) is 3.12. The molecule has 1 saturated heterocycles. The summed E-state index contributed by atoms with van der Waals surface area (Å²) in [5.74, 6) is 2.21. The van der Waals surface area contributed by atoms with Gasteiger partial charge < -0.3 is 14.2 Å². The highest BCUT2D eigenvalue weighted by atomic mass is 32.2. The summed E-state index contributed by atoms with van der Waals surface area (Å²) in [6.07, 6.45) is 2.60. The Hall–Kier alpha value is -3.29. The highest BCUT2D eigenvalue weighted by Gasteiger charge is 2.31. The zero-order valence-electron chi connectivity index (χ0n) is 18.8. The lowest BCUT2D eigenvalue weighted by Gasteiger charge is -2.14. The first-order chi connectivity index (χ1) is 16.6. The van der Waals surface area contributed by atoms with Crippen LogP contribution in [0.25, 0.3) is 6.08 Å². The molecule has 1 amide bonds. The molecule has 1 aliphatic rings. The number of hydrogen-bond donors (Lipinski definition) is 0. The van der Waals surface area contributed by atoms with Crippen LogP contribution in [0.1, 0.15) is 17.5 Å². The van der Waals surface area contributed by atoms with Gasteiger partial charge in [0.2, 0.25) is 0 Å². The normalized spacial score (nSPS) is 14.5. The topological polar surface area (TPSA) is 48.0 Å². The Morgan fingerprint density at radius 3 is 2.29 bits per heavy atom. The SMILES string of the molecule is COc1cccc(OCCCOc2cccc(C=C3SC(=S)N(Cc4ccccc4)C3=O)c2)c1. The van der Waals surface area contributed by atoms with Crippen LogP contribution in [-0.4, -0.2) is 35.5 Å². The van der Waals surface area contributed by atoms with E-state index in [0.29, 0.717) is 29.0 Å². The molecule has 0 saturated carbocycles. The van der Waals surface area contributed by atoms with E-state index < -0.39 is 0 Å². The average molecular weight is 492 g/mol. The summed E-state index contributed by atoms with van der Waals surface area (Å²) >= 11 is 6.78. The van der Waals surface area contributed by atoms with Crippen LogP contribution in [0, 0.1) is 0 Å². The number of carbonyl (C=O) groups is 1. The fraction of sp³-hybridized carbons (Fsp3) is 0.185. The summed E-state index contributed by atoms with van der Waals surface area (Å²) in [5, 5.41) is 0. The molecule has 7 heteroatoms. The molecule has 0 atom stereocenters. The number of rotatable bonds is 10. The second-order valence-electron chi connectivity index (χ2n) is 7.56. The van der Waals surface area contributed by atoms with E-state index in [1.807, 2.05) is 84.9 Å². The van der Waals surface area contributed by atoms with Crippen molar-refractivity contribution in [2.24, 2.45) is 0 Å². The van der Waals surface area contributed by atoms with Gasteiger partial charge in [-0.1, -0.05) is 72.5 Å². The van der Waals surface area contributed by atoms with Crippen LogP contribution in [0.15, 0.2) is 83.8 Å². The molecule has 1 heterocycles. The van der Waals surface area contributed by atoms with Gasteiger partial charge in [-0.3, -0.25) is 9.69 Å². The predicted octanol–water partition coefficient (Wildman–Crippen LogP) is 5.94. The molecule has 0 radical (unpaired) electrons. The summed E-state index contributed by atoms with van der Waals surface area (Å²) in [5.41, 5.74) is 1.94. The molecule has 174 valence electrons. The lowest BCUT2D eigenvalue weighted by Crippen LogP contribution is -2.27. The van der Waals surface area contributed by atoms with Crippen molar-refractivity contribution in [3.05, 3.63) is 94.9 Å². The van der Waals surface area contributed by atoms with E-state index in [1.165, 1.54) is 11.8 Å². The minimum absolute atomic E-state index is 0.0696. The molecule has 0 spiro atoms. The summed E-state index contributed by atoms with van der Waals surface area (Å²) in [4.78, 5) is 15.2. The zero-order valence-corrected chi connectivity index (χ0v) is 20.4. The molecule has 34 heavy (non-hydrogen) atoms. The number of nitrogens with zero attached hydrogens (tertiary/aromatic N) is 1. The van der Waals surface area contributed by atoms with Crippen molar-refractivity contribution in [3.8, 4) is 17.2 Å². The smallest absolute Gasteiger partial charge is 0.266 e. The maximum Gasteiger partial charge on any atom is 0.266 e. The number of ether oxygens (including phenoxy) is 3. The number of hydrogen-bond acceptors (Lipinski definition) is 6. The van der Waals surface area contributed by atoms with Gasteiger partial charge in [0.15, 0.2) is 0 Å². The number of methoxy groups -OCH3 is 1. The second-order valence-corrected chi connectivity index (χ2v) is 9.23. The lowest BCUT2D eigenvalue weighted by molar-refractivity contribution is -0.122. The minimum Gasteiger partial charge on any atom is -0.497 e. The van der Waals surface area contributed by atoms with Crippen LogP contribution in [-0.2, 0) is 11.3 Å². The summed E-state index contributed by atoms with van der Waals surface area (Å²) in [6, 6.07) is 25.1. The van der Waals surface area contributed by atoms with E-state index in [0.717, 1.165) is 34.8 Å². The predicted molar refractivity (Wildman–Crippen MR) is 140 cm³/mol. The Morgan fingerprint density at radius 2 is 1.56 bits per heavy atom. The molecule has 0 N–H and O–H groups in total. The quantitative estimate of drug-likeness (QED) is 0.199. The van der Waals surface area contributed by atoms with E-state index in [1.54, 1.807) is 12.0 Å². The van der Waals surface area contributed by atoms with Crippen LogP contribution in [0.4, 0.5) is 0 Å². The van der Waals surface area contributed by atoms with Crippen LogP contribution < -0.4 is 14.2 Å². The number of carbonyl (C=O) groups excluding carboxylic acids is 1. The molecule has 0 unspecified atom stereocenters. The first-order valence-corrected chi connectivity index (χ1v) is 12.1. The van der Waals surface area contributed by atoms with Gasteiger partial charge in [-0.15, -0.1) is 0 Å². The van der Waals surface area contributed by atoms with Crippen molar-refractivity contribution < 1.29 is 19.0 Å². The van der Waals surface area contributed by atoms with Gasteiger partial charge in [0.1, 0.15) is 21.6 Å². The molecule has 4 rings (SSSR count). The maximum atomic E-state index is 12.9. The van der Waals surface area contributed by atoms with Crippen molar-refractivity contribution in [1.82, 2.24) is 4.90 Å². The molecule has 1 fully saturated rings. The number of benzene rings is 3. The summed E-state index contributed by atoms with van der Waals surface area (Å²) < 4.78 is 17.4. The standard InChI is InChI=1S/C27H25NO4S2/c1-30-22-11-6-13-24(18-22)32-15-7-14-31-23-12-5-10-21(16-23)17-25-26(29)28(27(33)34-25)19-20-8-3-2-4-9-20/h2-6,8-13,16-18H,7,14-15,19H2,1H3. The second kappa shape index (κ2) is 11.7. The van der Waals surface area contributed by atoms with Crippen LogP contribution >= 0.6 is 24.0 Å². The van der Waals surface area contributed by atoms with Crippen LogP contribution in [0.3, 0.4) is 0 Å². The first kappa shape index (κ1) is 23.9.